The van der Waals surface area contributed by atoms with Crippen LogP contribution in [0.5, 0.6) is 0 Å². The van der Waals surface area contributed by atoms with Gasteiger partial charge in [-0.3, -0.25) is 19.1 Å². The molecule has 0 spiro atoms. The van der Waals surface area contributed by atoms with E-state index >= 15 is 0 Å². The summed E-state index contributed by atoms with van der Waals surface area (Å²) in [6, 6.07) is -1.96. The van der Waals surface area contributed by atoms with E-state index in [2.05, 4.69) is 0 Å². The molecule has 136 valence electrons. The Morgan fingerprint density at radius 2 is 1.48 bits per heavy atom. The molecule has 0 aromatic heterocycles. The van der Waals surface area contributed by atoms with Crippen molar-refractivity contribution in [2.45, 2.75) is 77.2 Å². The van der Waals surface area contributed by atoms with Crippen LogP contribution in [0.15, 0.2) is 0 Å². The molecule has 0 saturated heterocycles. The summed E-state index contributed by atoms with van der Waals surface area (Å²) in [6.07, 6.45) is 3.83. The van der Waals surface area contributed by atoms with Gasteiger partial charge in [0.1, 0.15) is 5.78 Å². The quantitative estimate of drug-likeness (QED) is 0.338. The zero-order chi connectivity index (χ0) is 18.2. The minimum atomic E-state index is -4.68. The van der Waals surface area contributed by atoms with Crippen molar-refractivity contribution in [3.8, 4) is 0 Å². The Bertz CT molecular complexity index is 440. The lowest BCUT2D eigenvalue weighted by Crippen LogP contribution is -2.55. The molecule has 9 heteroatoms. The van der Waals surface area contributed by atoms with Gasteiger partial charge in [0.15, 0.2) is 0 Å². The summed E-state index contributed by atoms with van der Waals surface area (Å²) in [5.41, 5.74) is 11.5. The fourth-order valence-corrected chi connectivity index (χ4v) is 2.69. The van der Waals surface area contributed by atoms with E-state index in [0.29, 0.717) is 30.6 Å². The molecule has 0 saturated carbocycles. The molecule has 0 rings (SSSR count). The van der Waals surface area contributed by atoms with Gasteiger partial charge in [-0.1, -0.05) is 39.5 Å². The third-order valence-corrected chi connectivity index (χ3v) is 4.89. The van der Waals surface area contributed by atoms with E-state index in [9.17, 15) is 23.9 Å². The molecule has 1 unspecified atom stereocenters. The van der Waals surface area contributed by atoms with Crippen molar-refractivity contribution in [2.24, 2.45) is 11.5 Å². The van der Waals surface area contributed by atoms with E-state index in [1.807, 2.05) is 13.8 Å². The summed E-state index contributed by atoms with van der Waals surface area (Å²) in [4.78, 5) is 44.1. The maximum atomic E-state index is 12.5. The van der Waals surface area contributed by atoms with Crippen molar-refractivity contribution >= 4 is 19.4 Å². The summed E-state index contributed by atoms with van der Waals surface area (Å²) >= 11 is 0. The van der Waals surface area contributed by atoms with Gasteiger partial charge in [0.2, 0.25) is 11.8 Å². The normalized spacial score (nSPS) is 15.8. The first-order chi connectivity index (χ1) is 10.6. The molecule has 23 heavy (non-hydrogen) atoms. The fraction of sp³-hybridized carbons (Fsp3) is 0.857. The third-order valence-electron chi connectivity index (χ3n) is 3.69. The summed E-state index contributed by atoms with van der Waals surface area (Å²) in [5.74, 6) is -3.16. The van der Waals surface area contributed by atoms with Crippen LogP contribution in [-0.2, 0) is 14.2 Å². The Labute approximate surface area is 137 Å². The fourth-order valence-electron chi connectivity index (χ4n) is 2.16. The van der Waals surface area contributed by atoms with E-state index < -0.39 is 37.3 Å². The minimum Gasteiger partial charge on any atom is -0.323 e. The Morgan fingerprint density at radius 1 is 1.00 bits per heavy atom. The van der Waals surface area contributed by atoms with E-state index in [0.717, 1.165) is 19.8 Å². The SMILES string of the molecule is CCCCCC(N)C(=O)N(C(=O)[C@@H](N)CCC)[C@@H](C)P(=O)(O)O. The van der Waals surface area contributed by atoms with Crippen LogP contribution in [0.4, 0.5) is 0 Å². The number of amides is 2. The van der Waals surface area contributed by atoms with Crippen LogP contribution < -0.4 is 11.5 Å². The van der Waals surface area contributed by atoms with Crippen LogP contribution in [0.2, 0.25) is 0 Å². The number of unbranched alkanes of at least 4 members (excludes halogenated alkanes) is 2. The van der Waals surface area contributed by atoms with Gasteiger partial charge in [0.25, 0.3) is 0 Å². The number of nitrogens with zero attached hydrogens (tertiary/aromatic N) is 1. The maximum absolute atomic E-state index is 12.5. The summed E-state index contributed by atoms with van der Waals surface area (Å²) < 4.78 is 11.5. The van der Waals surface area contributed by atoms with Crippen LogP contribution in [0.3, 0.4) is 0 Å². The number of carbonyl (C=O) groups excluding carboxylic acids is 2. The second-order valence-corrected chi connectivity index (χ2v) is 7.69. The average Bonchev–Trinajstić information content (AvgIpc) is 2.46. The van der Waals surface area contributed by atoms with Crippen molar-refractivity contribution in [3.05, 3.63) is 0 Å². The van der Waals surface area contributed by atoms with Crippen LogP contribution >= 0.6 is 7.60 Å². The van der Waals surface area contributed by atoms with Crippen molar-refractivity contribution in [3.63, 3.8) is 0 Å². The maximum Gasteiger partial charge on any atom is 0.348 e. The predicted molar refractivity (Wildman–Crippen MR) is 88.4 cm³/mol. The number of nitrogens with two attached hydrogens (primary N) is 2. The zero-order valence-electron chi connectivity index (χ0n) is 14.1. The third kappa shape index (κ3) is 7.10. The highest BCUT2D eigenvalue weighted by atomic mass is 31.2. The number of carbonyl (C=O) groups is 2. The molecule has 0 aromatic carbocycles. The molecule has 0 fully saturated rings. The second-order valence-electron chi connectivity index (χ2n) is 5.76. The standard InChI is InChI=1S/C14H30N3O5P/c1-4-6-7-9-12(16)14(19)17(10(3)23(20,21)22)13(18)11(15)8-5-2/h10-12H,4-9,15-16H2,1-3H3,(H2,20,21,22)/t10-,11+,12?/m1/s1. The lowest BCUT2D eigenvalue weighted by molar-refractivity contribution is -0.148. The highest BCUT2D eigenvalue weighted by Crippen LogP contribution is 2.43. The molecular weight excluding hydrogens is 321 g/mol. The van der Waals surface area contributed by atoms with Gasteiger partial charge in [-0.15, -0.1) is 0 Å². The molecule has 0 aliphatic carbocycles. The van der Waals surface area contributed by atoms with Gasteiger partial charge >= 0.3 is 7.60 Å². The predicted octanol–water partition coefficient (Wildman–Crippen LogP) is 0.900. The van der Waals surface area contributed by atoms with Crippen molar-refractivity contribution in [2.75, 3.05) is 0 Å². The molecule has 0 aliphatic heterocycles. The lowest BCUT2D eigenvalue weighted by atomic mass is 10.1. The molecule has 0 heterocycles. The van der Waals surface area contributed by atoms with Crippen molar-refractivity contribution in [1.29, 1.82) is 0 Å². The molecule has 0 aliphatic rings. The number of hydrogen-bond donors (Lipinski definition) is 4. The Morgan fingerprint density at radius 3 is 1.87 bits per heavy atom. The van der Waals surface area contributed by atoms with Crippen LogP contribution in [0, 0.1) is 0 Å². The summed E-state index contributed by atoms with van der Waals surface area (Å²) in [5, 5.41) is 0. The van der Waals surface area contributed by atoms with E-state index in [-0.39, 0.29) is 0 Å². The van der Waals surface area contributed by atoms with Gasteiger partial charge in [0.05, 0.1) is 12.1 Å². The molecule has 0 radical (unpaired) electrons. The van der Waals surface area contributed by atoms with E-state index in [1.54, 1.807) is 0 Å². The van der Waals surface area contributed by atoms with E-state index in [4.69, 9.17) is 11.5 Å². The zero-order valence-corrected chi connectivity index (χ0v) is 15.0. The largest absolute Gasteiger partial charge is 0.348 e. The molecule has 6 N–H and O–H groups in total. The minimum absolute atomic E-state index is 0.321. The van der Waals surface area contributed by atoms with E-state index in [1.165, 1.54) is 0 Å². The number of rotatable bonds is 10. The Hall–Kier alpha value is -0.790. The van der Waals surface area contributed by atoms with Crippen molar-refractivity contribution < 1.29 is 23.9 Å². The smallest absolute Gasteiger partial charge is 0.323 e. The second kappa shape index (κ2) is 10.2. The number of hydrogen-bond acceptors (Lipinski definition) is 5. The molecule has 0 aromatic rings. The lowest BCUT2D eigenvalue weighted by Gasteiger charge is -2.31. The highest BCUT2D eigenvalue weighted by molar-refractivity contribution is 7.52. The molecule has 2 amide bonds. The molecule has 0 bridgehead atoms. The van der Waals surface area contributed by atoms with Gasteiger partial charge in [-0.25, -0.2) is 0 Å². The monoisotopic (exact) mass is 351 g/mol. The molecule has 8 nitrogen and oxygen atoms in total. The van der Waals surface area contributed by atoms with Crippen LogP contribution in [-0.4, -0.2) is 44.4 Å². The first-order valence-electron chi connectivity index (χ1n) is 8.01. The van der Waals surface area contributed by atoms with Gasteiger partial charge in [0, 0.05) is 0 Å². The Kier molecular flexibility index (Phi) is 9.80. The average molecular weight is 351 g/mol. The van der Waals surface area contributed by atoms with Gasteiger partial charge in [-0.05, 0) is 19.8 Å². The summed E-state index contributed by atoms with van der Waals surface area (Å²) in [6.45, 7) is 4.96. The topological polar surface area (TPSA) is 147 Å². The molecule has 3 atom stereocenters. The highest BCUT2D eigenvalue weighted by Gasteiger charge is 2.40. The number of imide groups is 1. The Balaban J connectivity index is 5.30. The van der Waals surface area contributed by atoms with Crippen LogP contribution in [0.1, 0.15) is 59.3 Å². The summed E-state index contributed by atoms with van der Waals surface area (Å²) in [7, 11) is -4.68. The van der Waals surface area contributed by atoms with Gasteiger partial charge in [-0.2, -0.15) is 0 Å². The first kappa shape index (κ1) is 22.2. The van der Waals surface area contributed by atoms with Crippen molar-refractivity contribution in [1.82, 2.24) is 4.90 Å². The van der Waals surface area contributed by atoms with Crippen LogP contribution in [0.25, 0.3) is 0 Å². The first-order valence-corrected chi connectivity index (χ1v) is 9.69. The van der Waals surface area contributed by atoms with Gasteiger partial charge < -0.3 is 21.3 Å². The molecular formula is C14H30N3O5P.